The first kappa shape index (κ1) is 56.7. The van der Waals surface area contributed by atoms with E-state index >= 15 is 0 Å². The van der Waals surface area contributed by atoms with E-state index in [1.165, 1.54) is 64.4 Å². The number of hydrogen-bond donors (Lipinski definition) is 7. The highest BCUT2D eigenvalue weighted by molar-refractivity contribution is 7.51. The van der Waals surface area contributed by atoms with Crippen LogP contribution in [-0.4, -0.2) is 83.9 Å². The minimum atomic E-state index is -3.74. The minimum Gasteiger partial charge on any atom is -0.507 e. The van der Waals surface area contributed by atoms with E-state index in [1.54, 1.807) is 0 Å². The third kappa shape index (κ3) is 23.9. The van der Waals surface area contributed by atoms with Gasteiger partial charge in [-0.25, -0.2) is 19.6 Å². The van der Waals surface area contributed by atoms with Gasteiger partial charge in [0.2, 0.25) is 0 Å². The maximum atomic E-state index is 11.8. The number of phenolic OH excluding ortho intramolecular Hbond substituents is 1. The molecule has 0 unspecified atom stereocenters. The van der Waals surface area contributed by atoms with Crippen molar-refractivity contribution in [2.45, 2.75) is 144 Å². The number of allylic oxidation sites excluding steroid dienone is 2. The molecule has 356 valence electrons. The number of rotatable bonds is 24. The van der Waals surface area contributed by atoms with Crippen molar-refractivity contribution in [1.82, 2.24) is 9.97 Å². The van der Waals surface area contributed by atoms with Crippen molar-refractivity contribution in [1.29, 1.82) is 0 Å². The van der Waals surface area contributed by atoms with Crippen LogP contribution in [-0.2, 0) is 38.3 Å². The van der Waals surface area contributed by atoms with Gasteiger partial charge in [0.15, 0.2) is 5.69 Å². The second-order valence-electron chi connectivity index (χ2n) is 15.6. The number of hydrogen-bond acceptors (Lipinski definition) is 11. The average molecular weight is 916 g/mol. The molecular formula is C47H70N3O13P. The third-order valence-corrected chi connectivity index (χ3v) is 10.9. The summed E-state index contributed by atoms with van der Waals surface area (Å²) >= 11 is 0. The molecule has 0 saturated heterocycles. The zero-order chi connectivity index (χ0) is 48.1. The second kappa shape index (κ2) is 31.5. The molecule has 0 bridgehead atoms. The molecule has 0 atom stereocenters. The minimum absolute atomic E-state index is 0.0130. The lowest BCUT2D eigenvalue weighted by Gasteiger charge is -2.15. The van der Waals surface area contributed by atoms with Crippen molar-refractivity contribution < 1.29 is 63.4 Å². The molecule has 16 nitrogen and oxygen atoms in total. The van der Waals surface area contributed by atoms with Crippen LogP contribution < -0.4 is 10.1 Å². The summed E-state index contributed by atoms with van der Waals surface area (Å²) in [5, 5.41) is 39.3. The Morgan fingerprint density at radius 2 is 1.50 bits per heavy atom. The molecule has 0 fully saturated rings. The molecule has 17 heteroatoms. The van der Waals surface area contributed by atoms with Crippen LogP contribution in [0.3, 0.4) is 0 Å². The van der Waals surface area contributed by atoms with Crippen LogP contribution in [0.5, 0.6) is 11.5 Å². The van der Waals surface area contributed by atoms with Gasteiger partial charge < -0.3 is 45.0 Å². The number of cyclic esters (lactones) is 1. The predicted molar refractivity (Wildman–Crippen MR) is 247 cm³/mol. The molecule has 1 aliphatic rings. The number of aryl methyl sites for hydroxylation is 1. The van der Waals surface area contributed by atoms with Crippen molar-refractivity contribution in [3.05, 3.63) is 87.4 Å². The molecular weight excluding hydrogens is 845 g/mol. The van der Waals surface area contributed by atoms with Crippen molar-refractivity contribution >= 4 is 37.3 Å². The number of carbonyl (C=O) groups is 4. The zero-order valence-corrected chi connectivity index (χ0v) is 39.3. The molecule has 0 amide bonds. The SMILES string of the molecule is CCCCCCCCCCCCP(=O)(O)O.CCCCNc1cc(C(=O)O)ncn1.COc1c(C)c2c(c(O)c1C/C=C(\C)CCC(=O)O)C(=O)OC2.Cc1cccc(CC(=O)O)c1. The first-order chi connectivity index (χ1) is 30.3. The van der Waals surface area contributed by atoms with Crippen molar-refractivity contribution in [3.8, 4) is 11.5 Å². The predicted octanol–water partition coefficient (Wildman–Crippen LogP) is 9.83. The van der Waals surface area contributed by atoms with E-state index in [2.05, 4.69) is 29.1 Å². The molecule has 64 heavy (non-hydrogen) atoms. The summed E-state index contributed by atoms with van der Waals surface area (Å²) in [6.07, 6.45) is 18.1. The van der Waals surface area contributed by atoms with E-state index in [1.807, 2.05) is 51.1 Å². The number of phenols is 1. The first-order valence-electron chi connectivity index (χ1n) is 21.9. The first-order valence-corrected chi connectivity index (χ1v) is 23.7. The quantitative estimate of drug-likeness (QED) is 0.0191. The summed E-state index contributed by atoms with van der Waals surface area (Å²) in [5.74, 6) is -2.23. The molecule has 3 aromatic rings. The number of carbonyl (C=O) groups excluding carboxylic acids is 1. The lowest BCUT2D eigenvalue weighted by molar-refractivity contribution is -0.137. The van der Waals surface area contributed by atoms with Crippen LogP contribution in [0, 0.1) is 13.8 Å². The number of carboxylic acids is 3. The summed E-state index contributed by atoms with van der Waals surface area (Å²) in [6, 6.07) is 8.95. The molecule has 2 aromatic carbocycles. The maximum absolute atomic E-state index is 11.8. The number of nitrogens with one attached hydrogen (secondary N) is 1. The normalized spacial score (nSPS) is 11.7. The van der Waals surface area contributed by atoms with Crippen LogP contribution >= 0.6 is 7.60 Å². The molecule has 1 aliphatic heterocycles. The Kier molecular flexibility index (Phi) is 27.9. The van der Waals surface area contributed by atoms with Crippen LogP contribution in [0.4, 0.5) is 5.82 Å². The fourth-order valence-corrected chi connectivity index (χ4v) is 7.11. The largest absolute Gasteiger partial charge is 0.507 e. The second-order valence-corrected chi connectivity index (χ2v) is 17.3. The van der Waals surface area contributed by atoms with Gasteiger partial charge in [0.25, 0.3) is 0 Å². The van der Waals surface area contributed by atoms with E-state index in [4.69, 9.17) is 34.6 Å². The van der Waals surface area contributed by atoms with Crippen LogP contribution in [0.25, 0.3) is 0 Å². The number of aromatic hydroxyl groups is 1. The Balaban J connectivity index is 0.000000443. The summed E-state index contributed by atoms with van der Waals surface area (Å²) in [6.45, 7) is 10.9. The molecule has 2 heterocycles. The number of benzene rings is 2. The van der Waals surface area contributed by atoms with Gasteiger partial charge >= 0.3 is 31.5 Å². The Morgan fingerprint density at radius 1 is 0.875 bits per heavy atom. The average Bonchev–Trinajstić information content (AvgIpc) is 3.63. The standard InChI is InChI=1S/C17H20O6.C12H27O3P.C9H13N3O2.C9H10O2/c1-9(5-7-13(18)19)4-6-11-15(20)14-12(8-23-17(14)21)10(2)16(11)22-3;1-2-3-4-5-6-7-8-9-10-11-12-16(13,14)15;1-2-3-4-10-8-5-7(9(13)14)11-6-12-8;1-7-3-2-4-8(5-7)6-9(10)11/h4,20H,5-8H2,1-3H3,(H,18,19);2-12H2,1H3,(H2,13,14,15);5-6H,2-4H2,1H3,(H,13,14)(H,10,11,12);2-5H,6H2,1H3,(H,10,11)/b9-4+;;;. The molecule has 0 aliphatic carbocycles. The lowest BCUT2D eigenvalue weighted by atomic mass is 9.94. The number of anilines is 1. The van der Waals surface area contributed by atoms with E-state index in [0.29, 0.717) is 42.0 Å². The fourth-order valence-electron chi connectivity index (χ4n) is 6.48. The summed E-state index contributed by atoms with van der Waals surface area (Å²) in [7, 11) is -2.23. The highest BCUT2D eigenvalue weighted by Gasteiger charge is 2.31. The number of esters is 1. The number of ether oxygens (including phenoxy) is 2. The Hall–Kier alpha value is -5.31. The topological polar surface area (TPSA) is 263 Å². The van der Waals surface area contributed by atoms with Gasteiger partial charge in [0.1, 0.15) is 35.8 Å². The van der Waals surface area contributed by atoms with Crippen molar-refractivity contribution in [2.24, 2.45) is 0 Å². The van der Waals surface area contributed by atoms with Crippen LogP contribution in [0.15, 0.2) is 48.3 Å². The van der Waals surface area contributed by atoms with E-state index in [9.17, 15) is 28.8 Å². The number of aromatic nitrogens is 2. The highest BCUT2D eigenvalue weighted by Crippen LogP contribution is 2.42. The Bertz CT molecular complexity index is 2000. The number of methoxy groups -OCH3 is 1. The van der Waals surface area contributed by atoms with Gasteiger partial charge in [0.05, 0.1) is 13.5 Å². The van der Waals surface area contributed by atoms with Crippen molar-refractivity contribution in [3.63, 3.8) is 0 Å². The molecule has 0 radical (unpaired) electrons. The molecule has 1 aromatic heterocycles. The van der Waals surface area contributed by atoms with Gasteiger partial charge in [0, 0.05) is 36.3 Å². The number of carboxylic acid groups (broad SMARTS) is 3. The third-order valence-electron chi connectivity index (χ3n) is 10.00. The summed E-state index contributed by atoms with van der Waals surface area (Å²) < 4.78 is 21.0. The zero-order valence-electron chi connectivity index (χ0n) is 38.4. The van der Waals surface area contributed by atoms with E-state index in [-0.39, 0.29) is 42.6 Å². The number of aromatic carboxylic acids is 1. The van der Waals surface area contributed by atoms with Crippen LogP contribution in [0.1, 0.15) is 159 Å². The fraction of sp³-hybridized carbons (Fsp3) is 0.532. The van der Waals surface area contributed by atoms with Gasteiger partial charge in [-0.1, -0.05) is 120 Å². The summed E-state index contributed by atoms with van der Waals surface area (Å²) in [5.41, 5.74) is 5.01. The smallest absolute Gasteiger partial charge is 0.354 e. The molecule has 0 saturated carbocycles. The lowest BCUT2D eigenvalue weighted by Crippen LogP contribution is -2.06. The summed E-state index contributed by atoms with van der Waals surface area (Å²) in [4.78, 5) is 68.1. The number of aliphatic carboxylic acids is 2. The Labute approximate surface area is 377 Å². The van der Waals surface area contributed by atoms with Gasteiger partial charge in [-0.2, -0.15) is 0 Å². The van der Waals surface area contributed by atoms with E-state index in [0.717, 1.165) is 54.5 Å². The monoisotopic (exact) mass is 915 g/mol. The molecule has 7 N–H and O–H groups in total. The van der Waals surface area contributed by atoms with Gasteiger partial charge in [-0.05, 0) is 57.6 Å². The van der Waals surface area contributed by atoms with Gasteiger partial charge in [-0.15, -0.1) is 0 Å². The van der Waals surface area contributed by atoms with E-state index < -0.39 is 31.5 Å². The molecule has 4 rings (SSSR count). The number of unbranched alkanes of at least 4 members (excludes halogenated alkanes) is 10. The van der Waals surface area contributed by atoms with Gasteiger partial charge in [-0.3, -0.25) is 14.2 Å². The molecule has 0 spiro atoms. The maximum Gasteiger partial charge on any atom is 0.354 e. The van der Waals surface area contributed by atoms with Crippen LogP contribution in [0.2, 0.25) is 0 Å². The number of nitrogens with zero attached hydrogens (tertiary/aromatic N) is 2. The number of fused-ring (bicyclic) bond motifs is 1. The highest BCUT2D eigenvalue weighted by atomic mass is 31.2. The van der Waals surface area contributed by atoms with Crippen molar-refractivity contribution in [2.75, 3.05) is 25.1 Å². The Morgan fingerprint density at radius 3 is 2.05 bits per heavy atom.